The molecule has 1 unspecified atom stereocenters. The van der Waals surface area contributed by atoms with E-state index in [0.717, 1.165) is 23.6 Å². The molecule has 1 aromatic carbocycles. The molecule has 130 valence electrons. The van der Waals surface area contributed by atoms with Gasteiger partial charge in [-0.3, -0.25) is 4.90 Å². The molecule has 3 rings (SSSR count). The molecule has 6 heteroatoms. The lowest BCUT2D eigenvalue weighted by molar-refractivity contribution is 0.00461. The molecule has 24 heavy (non-hydrogen) atoms. The van der Waals surface area contributed by atoms with Gasteiger partial charge in [0, 0.05) is 25.7 Å². The van der Waals surface area contributed by atoms with E-state index in [0.29, 0.717) is 19.1 Å². The van der Waals surface area contributed by atoms with Gasteiger partial charge in [-0.1, -0.05) is 12.1 Å². The number of fused-ring (bicyclic) bond motifs is 1. The van der Waals surface area contributed by atoms with Crippen LogP contribution in [0.1, 0.15) is 32.7 Å². The minimum absolute atomic E-state index is 0.214. The second kappa shape index (κ2) is 6.69. The Balaban J connectivity index is 1.60. The molecule has 1 fully saturated rings. The average Bonchev–Trinajstić information content (AvgIpc) is 2.89. The summed E-state index contributed by atoms with van der Waals surface area (Å²) in [6.45, 7) is 10.9. The Morgan fingerprint density at radius 2 is 2.08 bits per heavy atom. The molecule has 1 saturated heterocycles. The first-order valence-corrected chi connectivity index (χ1v) is 9.20. The van der Waals surface area contributed by atoms with Crippen molar-refractivity contribution in [3.05, 3.63) is 29.3 Å². The van der Waals surface area contributed by atoms with Crippen LogP contribution in [-0.2, 0) is 11.3 Å². The summed E-state index contributed by atoms with van der Waals surface area (Å²) in [6, 6.07) is 8.53. The maximum Gasteiger partial charge on any atom is 0.410 e. The Morgan fingerprint density at radius 1 is 1.33 bits per heavy atom. The number of aromatic nitrogens is 1. The summed E-state index contributed by atoms with van der Waals surface area (Å²) in [6.07, 6.45) is -0.214. The summed E-state index contributed by atoms with van der Waals surface area (Å²) < 4.78 is 6.71. The lowest BCUT2D eigenvalue weighted by Gasteiger charge is -2.39. The third-order valence-corrected chi connectivity index (χ3v) is 5.11. The number of piperazine rings is 1. The minimum atomic E-state index is -0.446. The molecule has 1 aromatic heterocycles. The van der Waals surface area contributed by atoms with Crippen molar-refractivity contribution >= 4 is 27.6 Å². The van der Waals surface area contributed by atoms with Crippen molar-refractivity contribution in [3.63, 3.8) is 0 Å². The number of hydrogen-bond acceptors (Lipinski definition) is 5. The molecule has 1 amide bonds. The van der Waals surface area contributed by atoms with Crippen LogP contribution >= 0.6 is 11.3 Å². The summed E-state index contributed by atoms with van der Waals surface area (Å²) >= 11 is 1.75. The number of rotatable bonds is 2. The molecule has 1 aliphatic rings. The second-order valence-corrected chi connectivity index (χ2v) is 8.44. The van der Waals surface area contributed by atoms with Crippen LogP contribution in [0.4, 0.5) is 4.79 Å². The highest BCUT2D eigenvalue weighted by Gasteiger charge is 2.30. The summed E-state index contributed by atoms with van der Waals surface area (Å²) in [5, 5.41) is 1.13. The number of amides is 1. The van der Waals surface area contributed by atoms with E-state index >= 15 is 0 Å². The molecular weight excluding hydrogens is 322 g/mol. The van der Waals surface area contributed by atoms with Gasteiger partial charge >= 0.3 is 6.09 Å². The average molecular weight is 347 g/mol. The fraction of sp³-hybridized carbons (Fsp3) is 0.556. The Kier molecular flexibility index (Phi) is 4.78. The van der Waals surface area contributed by atoms with Crippen LogP contribution in [0, 0.1) is 0 Å². The third kappa shape index (κ3) is 4.05. The van der Waals surface area contributed by atoms with Gasteiger partial charge in [0.15, 0.2) is 0 Å². The van der Waals surface area contributed by atoms with Crippen molar-refractivity contribution in [2.75, 3.05) is 19.6 Å². The second-order valence-electron chi connectivity index (χ2n) is 7.32. The first-order chi connectivity index (χ1) is 11.3. The van der Waals surface area contributed by atoms with Crippen LogP contribution < -0.4 is 0 Å². The Labute approximate surface area is 147 Å². The van der Waals surface area contributed by atoms with Gasteiger partial charge in [0.25, 0.3) is 0 Å². The summed E-state index contributed by atoms with van der Waals surface area (Å²) in [7, 11) is 0. The Bertz CT molecular complexity index is 689. The highest BCUT2D eigenvalue weighted by atomic mass is 32.1. The molecular formula is C18H25N3O2S. The standard InChI is InChI=1S/C18H25N3O2S/c1-13-11-21(17(22)23-18(2,3)4)10-9-20(13)12-16-19-14-7-5-6-8-15(14)24-16/h5-8,13H,9-12H2,1-4H3. The summed E-state index contributed by atoms with van der Waals surface area (Å²) in [5.74, 6) is 0. The molecule has 2 heterocycles. The Hall–Kier alpha value is -1.66. The van der Waals surface area contributed by atoms with Crippen LogP contribution in [0.5, 0.6) is 0 Å². The predicted molar refractivity (Wildman–Crippen MR) is 97.3 cm³/mol. The van der Waals surface area contributed by atoms with Gasteiger partial charge in [-0.2, -0.15) is 0 Å². The molecule has 2 aromatic rings. The highest BCUT2D eigenvalue weighted by molar-refractivity contribution is 7.18. The largest absolute Gasteiger partial charge is 0.444 e. The zero-order valence-electron chi connectivity index (χ0n) is 14.8. The lowest BCUT2D eigenvalue weighted by Crippen LogP contribution is -2.54. The summed E-state index contributed by atoms with van der Waals surface area (Å²) in [5.41, 5.74) is 0.621. The molecule has 0 radical (unpaired) electrons. The van der Waals surface area contributed by atoms with E-state index in [1.165, 1.54) is 4.70 Å². The topological polar surface area (TPSA) is 45.7 Å². The van der Waals surface area contributed by atoms with Crippen molar-refractivity contribution in [2.24, 2.45) is 0 Å². The fourth-order valence-electron chi connectivity index (χ4n) is 2.88. The maximum absolute atomic E-state index is 12.2. The number of carbonyl (C=O) groups is 1. The van der Waals surface area contributed by atoms with Gasteiger partial charge in [0.1, 0.15) is 10.6 Å². The fourth-order valence-corrected chi connectivity index (χ4v) is 3.88. The van der Waals surface area contributed by atoms with Gasteiger partial charge in [-0.05, 0) is 39.8 Å². The van der Waals surface area contributed by atoms with Crippen LogP contribution in [0.2, 0.25) is 0 Å². The van der Waals surface area contributed by atoms with E-state index < -0.39 is 5.60 Å². The van der Waals surface area contributed by atoms with Gasteiger partial charge in [-0.25, -0.2) is 9.78 Å². The van der Waals surface area contributed by atoms with E-state index in [-0.39, 0.29) is 6.09 Å². The van der Waals surface area contributed by atoms with Crippen molar-refractivity contribution in [3.8, 4) is 0 Å². The number of hydrogen-bond donors (Lipinski definition) is 0. The first-order valence-electron chi connectivity index (χ1n) is 8.38. The smallest absolute Gasteiger partial charge is 0.410 e. The maximum atomic E-state index is 12.2. The lowest BCUT2D eigenvalue weighted by atomic mass is 10.2. The predicted octanol–water partition coefficient (Wildman–Crippen LogP) is 3.74. The SMILES string of the molecule is CC1CN(C(=O)OC(C)(C)C)CCN1Cc1nc2ccccc2s1. The van der Waals surface area contributed by atoms with Gasteiger partial charge < -0.3 is 9.64 Å². The number of ether oxygens (including phenoxy) is 1. The number of para-hydroxylation sites is 1. The molecule has 0 bridgehead atoms. The van der Waals surface area contributed by atoms with E-state index in [1.807, 2.05) is 37.8 Å². The normalized spacial score (nSPS) is 19.7. The van der Waals surface area contributed by atoms with Crippen LogP contribution in [0.25, 0.3) is 10.2 Å². The van der Waals surface area contributed by atoms with Crippen LogP contribution in [0.15, 0.2) is 24.3 Å². The zero-order valence-corrected chi connectivity index (χ0v) is 15.6. The van der Waals surface area contributed by atoms with Crippen LogP contribution in [-0.4, -0.2) is 52.2 Å². The minimum Gasteiger partial charge on any atom is -0.444 e. The molecule has 0 spiro atoms. The van der Waals surface area contributed by atoms with Gasteiger partial charge in [0.05, 0.1) is 16.8 Å². The van der Waals surface area contributed by atoms with Gasteiger partial charge in [-0.15, -0.1) is 11.3 Å². The van der Waals surface area contributed by atoms with E-state index in [1.54, 1.807) is 11.3 Å². The Morgan fingerprint density at radius 3 is 2.75 bits per heavy atom. The molecule has 0 aliphatic carbocycles. The highest BCUT2D eigenvalue weighted by Crippen LogP contribution is 2.24. The quantitative estimate of drug-likeness (QED) is 0.830. The van der Waals surface area contributed by atoms with E-state index in [4.69, 9.17) is 9.72 Å². The van der Waals surface area contributed by atoms with E-state index in [9.17, 15) is 4.79 Å². The zero-order chi connectivity index (χ0) is 17.3. The molecule has 0 saturated carbocycles. The number of nitrogens with zero attached hydrogens (tertiary/aromatic N) is 3. The monoisotopic (exact) mass is 347 g/mol. The number of benzene rings is 1. The molecule has 1 atom stereocenters. The van der Waals surface area contributed by atoms with Crippen molar-refractivity contribution in [1.29, 1.82) is 0 Å². The number of carbonyl (C=O) groups excluding carboxylic acids is 1. The molecule has 5 nitrogen and oxygen atoms in total. The first kappa shape index (κ1) is 17.2. The van der Waals surface area contributed by atoms with Crippen molar-refractivity contribution < 1.29 is 9.53 Å². The molecule has 0 N–H and O–H groups in total. The van der Waals surface area contributed by atoms with Crippen molar-refractivity contribution in [1.82, 2.24) is 14.8 Å². The van der Waals surface area contributed by atoms with Crippen LogP contribution in [0.3, 0.4) is 0 Å². The molecule has 1 aliphatic heterocycles. The van der Waals surface area contributed by atoms with Crippen molar-refractivity contribution in [2.45, 2.75) is 45.9 Å². The van der Waals surface area contributed by atoms with Gasteiger partial charge in [0.2, 0.25) is 0 Å². The summed E-state index contributed by atoms with van der Waals surface area (Å²) in [4.78, 5) is 21.1. The van der Waals surface area contributed by atoms with E-state index in [2.05, 4.69) is 24.0 Å². The number of thiazole rings is 1. The third-order valence-electron chi connectivity index (χ3n) is 4.09.